The van der Waals surface area contributed by atoms with Gasteiger partial charge in [0.2, 0.25) is 0 Å². The molecule has 0 radical (unpaired) electrons. The van der Waals surface area contributed by atoms with Crippen molar-refractivity contribution in [2.75, 3.05) is 21.3 Å². The molecule has 1 N–H and O–H groups in total. The molecule has 7 nitrogen and oxygen atoms in total. The van der Waals surface area contributed by atoms with E-state index in [0.29, 0.717) is 17.0 Å². The molecule has 0 bridgehead atoms. The van der Waals surface area contributed by atoms with Gasteiger partial charge in [0.05, 0.1) is 44.0 Å². The lowest BCUT2D eigenvalue weighted by Gasteiger charge is -2.30. The first kappa shape index (κ1) is 19.2. The Kier molecular flexibility index (Phi) is 5.82. The summed E-state index contributed by atoms with van der Waals surface area (Å²) in [6.45, 7) is 3.41. The van der Waals surface area contributed by atoms with E-state index in [9.17, 15) is 14.4 Å². The molecule has 0 saturated carbocycles. The van der Waals surface area contributed by atoms with Crippen LogP contribution in [0.25, 0.3) is 0 Å². The summed E-state index contributed by atoms with van der Waals surface area (Å²) < 4.78 is 14.7. The van der Waals surface area contributed by atoms with Gasteiger partial charge in [-0.15, -0.1) is 0 Å². The minimum atomic E-state index is -0.827. The first-order valence-electron chi connectivity index (χ1n) is 7.89. The van der Waals surface area contributed by atoms with E-state index in [-0.39, 0.29) is 16.7 Å². The van der Waals surface area contributed by atoms with Crippen molar-refractivity contribution in [3.63, 3.8) is 0 Å². The van der Waals surface area contributed by atoms with Crippen molar-refractivity contribution in [3.05, 3.63) is 57.9 Å². The number of carbonyl (C=O) groups excluding carboxylic acids is 3. The van der Waals surface area contributed by atoms with E-state index in [1.807, 2.05) is 0 Å². The number of ether oxygens (including phenoxy) is 3. The van der Waals surface area contributed by atoms with E-state index in [1.54, 1.807) is 38.1 Å². The van der Waals surface area contributed by atoms with E-state index < -0.39 is 23.8 Å². The number of hydrogen-bond acceptors (Lipinski definition) is 7. The van der Waals surface area contributed by atoms with Crippen molar-refractivity contribution in [2.24, 2.45) is 0 Å². The Morgan fingerprint density at radius 2 is 1.27 bits per heavy atom. The lowest BCUT2D eigenvalue weighted by atomic mass is 9.78. The zero-order valence-corrected chi connectivity index (χ0v) is 15.3. The topological polar surface area (TPSA) is 90.9 Å². The summed E-state index contributed by atoms with van der Waals surface area (Å²) in [5.74, 6) is -2.60. The highest BCUT2D eigenvalue weighted by Gasteiger charge is 2.39. The molecule has 0 spiro atoms. The highest BCUT2D eigenvalue weighted by molar-refractivity contribution is 6.01. The standard InChI is InChI=1S/C19H21NO6/c1-10-14(18(22)25-4)16(15(11(2)20-10)19(23)26-5)12-8-6-7-9-13(12)17(21)24-3/h6-9,16,20H,1-5H3. The maximum Gasteiger partial charge on any atom is 0.338 e. The molecule has 0 amide bonds. The van der Waals surface area contributed by atoms with Crippen molar-refractivity contribution < 1.29 is 28.6 Å². The van der Waals surface area contributed by atoms with Crippen LogP contribution in [-0.4, -0.2) is 39.2 Å². The molecular formula is C19H21NO6. The van der Waals surface area contributed by atoms with Crippen molar-refractivity contribution in [3.8, 4) is 0 Å². The Morgan fingerprint density at radius 3 is 1.73 bits per heavy atom. The second-order valence-corrected chi connectivity index (χ2v) is 5.70. The van der Waals surface area contributed by atoms with E-state index >= 15 is 0 Å². The lowest BCUT2D eigenvalue weighted by molar-refractivity contribution is -0.137. The maximum absolute atomic E-state index is 12.5. The van der Waals surface area contributed by atoms with Crippen LogP contribution >= 0.6 is 0 Å². The fourth-order valence-electron chi connectivity index (χ4n) is 3.11. The molecule has 0 saturated heterocycles. The number of nitrogens with one attached hydrogen (secondary N) is 1. The number of hydrogen-bond donors (Lipinski definition) is 1. The van der Waals surface area contributed by atoms with Crippen LogP contribution in [0, 0.1) is 0 Å². The molecule has 0 aliphatic carbocycles. The number of dihydropyridines is 1. The largest absolute Gasteiger partial charge is 0.466 e. The molecule has 2 rings (SSSR count). The molecule has 0 aromatic heterocycles. The summed E-state index contributed by atoms with van der Waals surface area (Å²) >= 11 is 0. The Hall–Kier alpha value is -3.09. The van der Waals surface area contributed by atoms with Crippen molar-refractivity contribution >= 4 is 17.9 Å². The predicted molar refractivity (Wildman–Crippen MR) is 93.1 cm³/mol. The third kappa shape index (κ3) is 3.33. The van der Waals surface area contributed by atoms with Crippen LogP contribution in [0.15, 0.2) is 46.8 Å². The van der Waals surface area contributed by atoms with Gasteiger partial charge in [-0.3, -0.25) is 0 Å². The Labute approximate surface area is 151 Å². The Bertz CT molecular complexity index is 783. The molecule has 0 fully saturated rings. The number of carbonyl (C=O) groups is 3. The first-order valence-corrected chi connectivity index (χ1v) is 7.89. The minimum absolute atomic E-state index is 0.231. The third-order valence-corrected chi connectivity index (χ3v) is 4.25. The Balaban J connectivity index is 2.80. The van der Waals surface area contributed by atoms with Crippen molar-refractivity contribution in [1.82, 2.24) is 5.32 Å². The fraction of sp³-hybridized carbons (Fsp3) is 0.316. The monoisotopic (exact) mass is 359 g/mol. The molecule has 0 unspecified atom stereocenters. The van der Waals surface area contributed by atoms with E-state index in [0.717, 1.165) is 0 Å². The fourth-order valence-corrected chi connectivity index (χ4v) is 3.11. The summed E-state index contributed by atoms with van der Waals surface area (Å²) in [7, 11) is 3.79. The zero-order chi connectivity index (χ0) is 19.4. The van der Waals surface area contributed by atoms with Gasteiger partial charge in [-0.2, -0.15) is 0 Å². The summed E-state index contributed by atoms with van der Waals surface area (Å²) in [5, 5.41) is 3.01. The van der Waals surface area contributed by atoms with Gasteiger partial charge in [-0.1, -0.05) is 18.2 Å². The number of esters is 3. The number of rotatable bonds is 4. The van der Waals surface area contributed by atoms with E-state index in [1.165, 1.54) is 21.3 Å². The van der Waals surface area contributed by atoms with Crippen molar-refractivity contribution in [2.45, 2.75) is 19.8 Å². The van der Waals surface area contributed by atoms with Crippen LogP contribution in [-0.2, 0) is 23.8 Å². The molecule has 1 aromatic rings. The van der Waals surface area contributed by atoms with Gasteiger partial charge in [0.25, 0.3) is 0 Å². The molecule has 0 atom stereocenters. The number of benzene rings is 1. The average molecular weight is 359 g/mol. The van der Waals surface area contributed by atoms with Crippen LogP contribution < -0.4 is 5.32 Å². The lowest BCUT2D eigenvalue weighted by Crippen LogP contribution is -2.32. The number of allylic oxidation sites excluding steroid dienone is 2. The predicted octanol–water partition coefficient (Wildman–Crippen LogP) is 2.05. The third-order valence-electron chi connectivity index (χ3n) is 4.25. The average Bonchev–Trinajstić information content (AvgIpc) is 2.65. The van der Waals surface area contributed by atoms with Gasteiger partial charge in [0.1, 0.15) is 0 Å². The molecule has 1 aliphatic heterocycles. The highest BCUT2D eigenvalue weighted by atomic mass is 16.5. The normalized spacial score (nSPS) is 14.7. The molecule has 1 aliphatic rings. The van der Waals surface area contributed by atoms with Gasteiger partial charge in [0, 0.05) is 11.4 Å². The molecule has 138 valence electrons. The second-order valence-electron chi connectivity index (χ2n) is 5.70. The first-order chi connectivity index (χ1) is 12.4. The van der Waals surface area contributed by atoms with Gasteiger partial charge >= 0.3 is 17.9 Å². The summed E-state index contributed by atoms with van der Waals surface area (Å²) in [4.78, 5) is 37.2. The molecule has 7 heteroatoms. The van der Waals surface area contributed by atoms with Gasteiger partial charge in [0.15, 0.2) is 0 Å². The molecule has 26 heavy (non-hydrogen) atoms. The molecular weight excluding hydrogens is 338 g/mol. The maximum atomic E-state index is 12.5. The van der Waals surface area contributed by atoms with Gasteiger partial charge in [-0.25, -0.2) is 14.4 Å². The van der Waals surface area contributed by atoms with Gasteiger partial charge < -0.3 is 19.5 Å². The van der Waals surface area contributed by atoms with Crippen LogP contribution in [0.2, 0.25) is 0 Å². The molecule has 1 aromatic carbocycles. The molecule has 1 heterocycles. The summed E-state index contributed by atoms with van der Waals surface area (Å²) in [6.07, 6.45) is 0. The quantitative estimate of drug-likeness (QED) is 0.650. The van der Waals surface area contributed by atoms with Gasteiger partial charge in [-0.05, 0) is 25.5 Å². The highest BCUT2D eigenvalue weighted by Crippen LogP contribution is 2.40. The van der Waals surface area contributed by atoms with E-state index in [2.05, 4.69) is 5.32 Å². The number of methoxy groups -OCH3 is 3. The van der Waals surface area contributed by atoms with Crippen molar-refractivity contribution in [1.29, 1.82) is 0 Å². The van der Waals surface area contributed by atoms with Crippen LogP contribution in [0.4, 0.5) is 0 Å². The van der Waals surface area contributed by atoms with Crippen LogP contribution in [0.3, 0.4) is 0 Å². The smallest absolute Gasteiger partial charge is 0.338 e. The van der Waals surface area contributed by atoms with E-state index in [4.69, 9.17) is 14.2 Å². The van der Waals surface area contributed by atoms with Crippen LogP contribution in [0.5, 0.6) is 0 Å². The Morgan fingerprint density at radius 1 is 0.808 bits per heavy atom. The summed E-state index contributed by atoms with van der Waals surface area (Å²) in [6, 6.07) is 6.66. The summed E-state index contributed by atoms with van der Waals surface area (Å²) in [5.41, 5.74) is 2.24. The second kappa shape index (κ2) is 7.86. The zero-order valence-electron chi connectivity index (χ0n) is 15.3. The minimum Gasteiger partial charge on any atom is -0.466 e. The van der Waals surface area contributed by atoms with Crippen LogP contribution in [0.1, 0.15) is 35.7 Å². The SMILES string of the molecule is COC(=O)C1=C(C)NC(C)=C(C(=O)OC)C1c1ccccc1C(=O)OC.